The minimum absolute atomic E-state index is 0.0911. The second-order valence-electron chi connectivity index (χ2n) is 6.25. The molecule has 1 saturated heterocycles. The molecule has 3 heterocycles. The smallest absolute Gasteiger partial charge is 0.255 e. The molecule has 1 N–H and O–H groups in total. The molecule has 2 aromatic heterocycles. The topological polar surface area (TPSA) is 82.5 Å². The highest BCUT2D eigenvalue weighted by molar-refractivity contribution is 5.79. The normalized spacial score (nSPS) is 20.4. The van der Waals surface area contributed by atoms with Crippen LogP contribution in [0.1, 0.15) is 36.4 Å². The summed E-state index contributed by atoms with van der Waals surface area (Å²) in [5.41, 5.74) is 0.863. The molecule has 3 aromatic rings. The van der Waals surface area contributed by atoms with Gasteiger partial charge in [-0.25, -0.2) is 0 Å². The molecule has 1 aliphatic rings. The average molecular weight is 343 g/mol. The van der Waals surface area contributed by atoms with Gasteiger partial charge in [0, 0.05) is 11.9 Å². The zero-order valence-corrected chi connectivity index (χ0v) is 14.3. The zero-order chi connectivity index (χ0) is 17.2. The summed E-state index contributed by atoms with van der Waals surface area (Å²) in [7, 11) is 1.66. The van der Waals surface area contributed by atoms with Crippen LogP contribution in [0.5, 0.6) is 5.75 Å². The molecular formula is C18H21N3O4. The number of nitrogens with zero attached hydrogens (tertiary/aromatic N) is 2. The van der Waals surface area contributed by atoms with Crippen LogP contribution in [0.4, 0.5) is 0 Å². The molecule has 0 amide bonds. The van der Waals surface area contributed by atoms with Gasteiger partial charge in [0.15, 0.2) is 5.82 Å². The lowest BCUT2D eigenvalue weighted by Crippen LogP contribution is -2.25. The first kappa shape index (κ1) is 16.1. The van der Waals surface area contributed by atoms with Crippen molar-refractivity contribution in [2.24, 2.45) is 0 Å². The van der Waals surface area contributed by atoms with E-state index in [2.05, 4.69) is 15.5 Å². The Balaban J connectivity index is 1.29. The van der Waals surface area contributed by atoms with E-state index in [1.807, 2.05) is 31.2 Å². The third-order valence-electron chi connectivity index (χ3n) is 4.37. The fourth-order valence-electron chi connectivity index (χ4n) is 3.13. The van der Waals surface area contributed by atoms with E-state index in [1.165, 1.54) is 0 Å². The van der Waals surface area contributed by atoms with Crippen LogP contribution in [0.2, 0.25) is 0 Å². The summed E-state index contributed by atoms with van der Waals surface area (Å²) in [5, 5.41) is 8.25. The summed E-state index contributed by atoms with van der Waals surface area (Å²) in [6.45, 7) is 3.22. The molecule has 132 valence electrons. The second kappa shape index (κ2) is 6.85. The molecule has 0 bridgehead atoms. The number of hydrogen-bond donors (Lipinski definition) is 1. The maximum Gasteiger partial charge on any atom is 0.255 e. The van der Waals surface area contributed by atoms with Crippen molar-refractivity contribution < 1.29 is 18.4 Å². The van der Waals surface area contributed by atoms with Crippen LogP contribution < -0.4 is 10.1 Å². The van der Waals surface area contributed by atoms with Crippen molar-refractivity contribution in [1.29, 1.82) is 0 Å². The molecule has 1 aliphatic heterocycles. The van der Waals surface area contributed by atoms with Crippen molar-refractivity contribution in [2.75, 3.05) is 13.7 Å². The van der Waals surface area contributed by atoms with Crippen molar-refractivity contribution in [3.05, 3.63) is 41.7 Å². The number of furan rings is 1. The van der Waals surface area contributed by atoms with Crippen molar-refractivity contribution in [1.82, 2.24) is 15.5 Å². The summed E-state index contributed by atoms with van der Waals surface area (Å²) in [6, 6.07) is 7.83. The Hall–Kier alpha value is -2.38. The second-order valence-corrected chi connectivity index (χ2v) is 6.25. The van der Waals surface area contributed by atoms with Crippen LogP contribution in [0.3, 0.4) is 0 Å². The van der Waals surface area contributed by atoms with E-state index in [-0.39, 0.29) is 12.2 Å². The molecule has 0 spiro atoms. The fourth-order valence-corrected chi connectivity index (χ4v) is 3.13. The van der Waals surface area contributed by atoms with Crippen molar-refractivity contribution in [3.8, 4) is 5.75 Å². The number of nitrogens with one attached hydrogen (secondary N) is 1. The lowest BCUT2D eigenvalue weighted by Gasteiger charge is -2.11. The molecule has 0 radical (unpaired) electrons. The number of aryl methyl sites for hydroxylation is 1. The van der Waals surface area contributed by atoms with Crippen LogP contribution in [0, 0.1) is 6.92 Å². The predicted molar refractivity (Wildman–Crippen MR) is 90.4 cm³/mol. The third kappa shape index (κ3) is 3.52. The van der Waals surface area contributed by atoms with E-state index in [4.69, 9.17) is 18.4 Å². The van der Waals surface area contributed by atoms with E-state index in [0.717, 1.165) is 41.9 Å². The van der Waals surface area contributed by atoms with Crippen molar-refractivity contribution in [3.63, 3.8) is 0 Å². The number of hydrogen-bond acceptors (Lipinski definition) is 7. The summed E-state index contributed by atoms with van der Waals surface area (Å²) in [4.78, 5) is 4.24. The predicted octanol–water partition coefficient (Wildman–Crippen LogP) is 3.14. The van der Waals surface area contributed by atoms with Gasteiger partial charge in [0.25, 0.3) is 5.89 Å². The first-order chi connectivity index (χ1) is 12.2. The molecule has 1 fully saturated rings. The summed E-state index contributed by atoms with van der Waals surface area (Å²) in [5.74, 6) is 2.94. The molecule has 7 heteroatoms. The van der Waals surface area contributed by atoms with E-state index in [0.29, 0.717) is 18.3 Å². The highest BCUT2D eigenvalue weighted by atomic mass is 16.5. The lowest BCUT2D eigenvalue weighted by atomic mass is 10.2. The third-order valence-corrected chi connectivity index (χ3v) is 4.37. The lowest BCUT2D eigenvalue weighted by molar-refractivity contribution is 0.0262. The largest absolute Gasteiger partial charge is 0.497 e. The molecule has 4 rings (SSSR count). The SMILES string of the molecule is COc1ccc2oc(CNC[C@H]3CC[C@@H](c4nc(C)no4)O3)cc2c1. The minimum atomic E-state index is -0.0911. The van der Waals surface area contributed by atoms with Gasteiger partial charge in [-0.2, -0.15) is 4.98 Å². The van der Waals surface area contributed by atoms with Gasteiger partial charge in [-0.1, -0.05) is 5.16 Å². The Bertz CT molecular complexity index is 857. The number of methoxy groups -OCH3 is 1. The highest BCUT2D eigenvalue weighted by Gasteiger charge is 2.30. The number of ether oxygens (including phenoxy) is 2. The zero-order valence-electron chi connectivity index (χ0n) is 14.3. The molecule has 0 saturated carbocycles. The minimum Gasteiger partial charge on any atom is -0.497 e. The summed E-state index contributed by atoms with van der Waals surface area (Å²) in [6.07, 6.45) is 1.92. The Morgan fingerprint density at radius 1 is 1.28 bits per heavy atom. The standard InChI is InChI=1S/C18H21N3O4/c1-11-20-18(25-21-11)17-6-4-14(23-17)9-19-10-15-8-12-7-13(22-2)3-5-16(12)24-15/h3,5,7-8,14,17,19H,4,6,9-10H2,1-2H3/t14-,17+/m1/s1. The Morgan fingerprint density at radius 3 is 3.00 bits per heavy atom. The Morgan fingerprint density at radius 2 is 2.20 bits per heavy atom. The van der Waals surface area contributed by atoms with Gasteiger partial charge in [-0.05, 0) is 44.0 Å². The number of rotatable bonds is 6. The maximum atomic E-state index is 5.98. The molecule has 0 aliphatic carbocycles. The number of fused-ring (bicyclic) bond motifs is 1. The molecular weight excluding hydrogens is 322 g/mol. The highest BCUT2D eigenvalue weighted by Crippen LogP contribution is 2.31. The van der Waals surface area contributed by atoms with Gasteiger partial charge in [0.1, 0.15) is 23.2 Å². The van der Waals surface area contributed by atoms with Crippen LogP contribution in [-0.2, 0) is 11.3 Å². The molecule has 2 atom stereocenters. The van der Waals surface area contributed by atoms with E-state index >= 15 is 0 Å². The van der Waals surface area contributed by atoms with Crippen LogP contribution in [-0.4, -0.2) is 29.9 Å². The fraction of sp³-hybridized carbons (Fsp3) is 0.444. The van der Waals surface area contributed by atoms with Gasteiger partial charge in [-0.15, -0.1) is 0 Å². The van der Waals surface area contributed by atoms with Crippen molar-refractivity contribution in [2.45, 2.75) is 38.5 Å². The maximum absolute atomic E-state index is 5.98. The number of benzene rings is 1. The molecule has 7 nitrogen and oxygen atoms in total. The number of aromatic nitrogens is 2. The van der Waals surface area contributed by atoms with Gasteiger partial charge in [-0.3, -0.25) is 0 Å². The Kier molecular flexibility index (Phi) is 4.42. The van der Waals surface area contributed by atoms with Crippen LogP contribution in [0.25, 0.3) is 11.0 Å². The molecule has 0 unspecified atom stereocenters. The average Bonchev–Trinajstić information content (AvgIpc) is 3.33. The summed E-state index contributed by atoms with van der Waals surface area (Å²) < 4.78 is 22.2. The van der Waals surface area contributed by atoms with E-state index in [1.54, 1.807) is 7.11 Å². The van der Waals surface area contributed by atoms with Gasteiger partial charge >= 0.3 is 0 Å². The summed E-state index contributed by atoms with van der Waals surface area (Å²) >= 11 is 0. The molecule has 1 aromatic carbocycles. The van der Waals surface area contributed by atoms with E-state index < -0.39 is 0 Å². The van der Waals surface area contributed by atoms with Gasteiger partial charge < -0.3 is 23.7 Å². The first-order valence-electron chi connectivity index (χ1n) is 8.44. The van der Waals surface area contributed by atoms with E-state index in [9.17, 15) is 0 Å². The van der Waals surface area contributed by atoms with Gasteiger partial charge in [0.05, 0.1) is 19.8 Å². The Labute approximate surface area is 145 Å². The first-order valence-corrected chi connectivity index (χ1v) is 8.44. The van der Waals surface area contributed by atoms with Crippen molar-refractivity contribution >= 4 is 11.0 Å². The van der Waals surface area contributed by atoms with Crippen LogP contribution >= 0.6 is 0 Å². The monoisotopic (exact) mass is 343 g/mol. The van der Waals surface area contributed by atoms with Crippen LogP contribution in [0.15, 0.2) is 33.2 Å². The molecule has 25 heavy (non-hydrogen) atoms. The quantitative estimate of drug-likeness (QED) is 0.736. The van der Waals surface area contributed by atoms with Gasteiger partial charge in [0.2, 0.25) is 0 Å².